The van der Waals surface area contributed by atoms with Crippen molar-refractivity contribution in [2.24, 2.45) is 0 Å². The second-order valence-electron chi connectivity index (χ2n) is 6.84. The molecule has 1 amide bonds. The summed E-state index contributed by atoms with van der Waals surface area (Å²) >= 11 is 0. The molecule has 1 aliphatic rings. The Morgan fingerprint density at radius 2 is 1.77 bits per heavy atom. The van der Waals surface area contributed by atoms with Gasteiger partial charge in [0.1, 0.15) is 5.75 Å². The molecule has 2 aromatic carbocycles. The van der Waals surface area contributed by atoms with Gasteiger partial charge in [0, 0.05) is 13.0 Å². The zero-order valence-electron chi connectivity index (χ0n) is 17.5. The predicted molar refractivity (Wildman–Crippen MR) is 111 cm³/mol. The van der Waals surface area contributed by atoms with E-state index in [1.54, 1.807) is 51.5 Å². The molecule has 0 spiro atoms. The maximum absolute atomic E-state index is 12.9. The predicted octanol–water partition coefficient (Wildman–Crippen LogP) is 3.59. The molecule has 1 unspecified atom stereocenters. The summed E-state index contributed by atoms with van der Waals surface area (Å²) in [5.74, 6) is 0.330. The van der Waals surface area contributed by atoms with Crippen LogP contribution in [0.5, 0.6) is 17.2 Å². The van der Waals surface area contributed by atoms with Gasteiger partial charge >= 0.3 is 0 Å². The summed E-state index contributed by atoms with van der Waals surface area (Å²) in [7, 11) is 4.63. The molecule has 0 fully saturated rings. The monoisotopic (exact) mass is 411 g/mol. The van der Waals surface area contributed by atoms with Crippen LogP contribution in [0.1, 0.15) is 30.5 Å². The summed E-state index contributed by atoms with van der Waals surface area (Å²) in [5.41, 5.74) is 1.56. The topological polar surface area (TPSA) is 85.3 Å². The van der Waals surface area contributed by atoms with Gasteiger partial charge in [-0.1, -0.05) is 25.1 Å². The summed E-state index contributed by atoms with van der Waals surface area (Å²) in [5, 5.41) is 10.5. The van der Waals surface area contributed by atoms with Crippen molar-refractivity contribution in [3.05, 3.63) is 64.9 Å². The van der Waals surface area contributed by atoms with Crippen molar-refractivity contribution in [2.75, 3.05) is 21.3 Å². The van der Waals surface area contributed by atoms with Gasteiger partial charge in [0.15, 0.2) is 23.0 Å². The lowest BCUT2D eigenvalue weighted by atomic mass is 9.94. The molecule has 0 radical (unpaired) electrons. The van der Waals surface area contributed by atoms with Crippen LogP contribution in [-0.2, 0) is 16.1 Å². The number of aliphatic hydroxyl groups is 1. The molecular formula is C23H25NO6. The number of Topliss-reactive ketones (excluding diaryl/α,β-unsaturated/α-hetero) is 1. The van der Waals surface area contributed by atoms with Gasteiger partial charge < -0.3 is 24.2 Å². The van der Waals surface area contributed by atoms with E-state index in [-0.39, 0.29) is 24.3 Å². The van der Waals surface area contributed by atoms with E-state index >= 15 is 0 Å². The highest BCUT2D eigenvalue weighted by molar-refractivity contribution is 6.08. The number of ketones is 1. The van der Waals surface area contributed by atoms with Crippen LogP contribution in [0.2, 0.25) is 0 Å². The lowest BCUT2D eigenvalue weighted by molar-refractivity contribution is -0.130. The second-order valence-corrected chi connectivity index (χ2v) is 6.84. The summed E-state index contributed by atoms with van der Waals surface area (Å²) < 4.78 is 15.9. The first-order chi connectivity index (χ1) is 14.4. The fraction of sp³-hybridized carbons (Fsp3) is 0.304. The Kier molecular flexibility index (Phi) is 6.30. The molecule has 1 atom stereocenters. The highest BCUT2D eigenvalue weighted by Gasteiger charge is 2.43. The number of carbonyl (C=O) groups is 2. The number of carbonyl (C=O) groups excluding carboxylic acids is 2. The normalized spacial score (nSPS) is 16.1. The van der Waals surface area contributed by atoms with Crippen molar-refractivity contribution >= 4 is 11.7 Å². The number of hydrogen-bond acceptors (Lipinski definition) is 6. The van der Waals surface area contributed by atoms with Gasteiger partial charge in [-0.3, -0.25) is 9.59 Å². The van der Waals surface area contributed by atoms with E-state index in [1.165, 1.54) is 12.0 Å². The summed E-state index contributed by atoms with van der Waals surface area (Å²) in [6.45, 7) is 1.87. The maximum Gasteiger partial charge on any atom is 0.290 e. The lowest BCUT2D eigenvalue weighted by Gasteiger charge is -2.27. The summed E-state index contributed by atoms with van der Waals surface area (Å²) in [4.78, 5) is 27.0. The molecule has 158 valence electrons. The Hall–Kier alpha value is -3.48. The van der Waals surface area contributed by atoms with Crippen LogP contribution in [0.3, 0.4) is 0 Å². The molecule has 0 bridgehead atoms. The van der Waals surface area contributed by atoms with Crippen molar-refractivity contribution in [1.29, 1.82) is 0 Å². The molecule has 0 aromatic heterocycles. The molecule has 1 heterocycles. The van der Waals surface area contributed by atoms with Gasteiger partial charge in [0.05, 0.1) is 32.9 Å². The number of aliphatic hydroxyl groups excluding tert-OH is 1. The van der Waals surface area contributed by atoms with E-state index in [0.717, 1.165) is 5.56 Å². The number of nitrogens with zero attached hydrogens (tertiary/aromatic N) is 1. The number of rotatable bonds is 8. The molecule has 0 saturated carbocycles. The molecule has 7 heteroatoms. The average molecular weight is 411 g/mol. The number of benzene rings is 2. The SMILES string of the molecule is CCC(=O)C1=C(O)C(=O)N(Cc2ccc(OC)c(OC)c2)C1c1cccc(OC)c1. The van der Waals surface area contributed by atoms with Gasteiger partial charge in [-0.25, -0.2) is 0 Å². The van der Waals surface area contributed by atoms with Crippen LogP contribution in [0, 0.1) is 0 Å². The van der Waals surface area contributed by atoms with Gasteiger partial charge in [-0.05, 0) is 35.4 Å². The van der Waals surface area contributed by atoms with E-state index in [9.17, 15) is 14.7 Å². The smallest absolute Gasteiger partial charge is 0.290 e. The molecular weight excluding hydrogens is 386 g/mol. The molecule has 1 aliphatic heterocycles. The third kappa shape index (κ3) is 3.83. The van der Waals surface area contributed by atoms with Crippen LogP contribution in [0.25, 0.3) is 0 Å². The first-order valence-corrected chi connectivity index (χ1v) is 9.57. The largest absolute Gasteiger partial charge is 0.503 e. The van der Waals surface area contributed by atoms with Crippen LogP contribution in [-0.4, -0.2) is 43.0 Å². The minimum absolute atomic E-state index is 0.108. The van der Waals surface area contributed by atoms with Gasteiger partial charge in [0.25, 0.3) is 5.91 Å². The average Bonchev–Trinajstić information content (AvgIpc) is 3.03. The van der Waals surface area contributed by atoms with Crippen LogP contribution >= 0.6 is 0 Å². The molecule has 7 nitrogen and oxygen atoms in total. The molecule has 0 aliphatic carbocycles. The second kappa shape index (κ2) is 8.90. The van der Waals surface area contributed by atoms with Crippen LogP contribution in [0.4, 0.5) is 0 Å². The van der Waals surface area contributed by atoms with Crippen molar-refractivity contribution < 1.29 is 28.9 Å². The molecule has 2 aromatic rings. The number of hydrogen-bond donors (Lipinski definition) is 1. The van der Waals surface area contributed by atoms with Crippen LogP contribution in [0.15, 0.2) is 53.8 Å². The fourth-order valence-corrected chi connectivity index (χ4v) is 3.63. The van der Waals surface area contributed by atoms with Gasteiger partial charge in [0.2, 0.25) is 0 Å². The molecule has 3 rings (SSSR count). The first kappa shape index (κ1) is 21.2. The van der Waals surface area contributed by atoms with Gasteiger partial charge in [-0.2, -0.15) is 0 Å². The molecule has 1 N–H and O–H groups in total. The number of methoxy groups -OCH3 is 3. The van der Waals surface area contributed by atoms with Gasteiger partial charge in [-0.15, -0.1) is 0 Å². The zero-order chi connectivity index (χ0) is 21.8. The zero-order valence-corrected chi connectivity index (χ0v) is 17.5. The third-order valence-electron chi connectivity index (χ3n) is 5.14. The highest BCUT2D eigenvalue weighted by Crippen LogP contribution is 2.40. The van der Waals surface area contributed by atoms with Crippen molar-refractivity contribution in [2.45, 2.75) is 25.9 Å². The molecule has 0 saturated heterocycles. The van der Waals surface area contributed by atoms with Crippen molar-refractivity contribution in [3.8, 4) is 17.2 Å². The molecule has 30 heavy (non-hydrogen) atoms. The Labute approximate surface area is 175 Å². The van der Waals surface area contributed by atoms with Crippen molar-refractivity contribution in [1.82, 2.24) is 4.90 Å². The van der Waals surface area contributed by atoms with E-state index < -0.39 is 17.7 Å². The van der Waals surface area contributed by atoms with E-state index in [2.05, 4.69) is 0 Å². The number of amides is 1. The Morgan fingerprint density at radius 1 is 1.03 bits per heavy atom. The Bertz CT molecular complexity index is 997. The van der Waals surface area contributed by atoms with E-state index in [0.29, 0.717) is 22.8 Å². The summed E-state index contributed by atoms with van der Waals surface area (Å²) in [6, 6.07) is 11.8. The van der Waals surface area contributed by atoms with E-state index in [4.69, 9.17) is 14.2 Å². The highest BCUT2D eigenvalue weighted by atomic mass is 16.5. The maximum atomic E-state index is 12.9. The first-order valence-electron chi connectivity index (χ1n) is 9.57. The quantitative estimate of drug-likeness (QED) is 0.715. The van der Waals surface area contributed by atoms with Crippen LogP contribution < -0.4 is 14.2 Å². The fourth-order valence-electron chi connectivity index (χ4n) is 3.63. The number of ether oxygens (including phenoxy) is 3. The van der Waals surface area contributed by atoms with E-state index in [1.807, 2.05) is 12.1 Å². The lowest BCUT2D eigenvalue weighted by Crippen LogP contribution is -2.30. The summed E-state index contributed by atoms with van der Waals surface area (Å²) in [6.07, 6.45) is 0.178. The Morgan fingerprint density at radius 3 is 2.40 bits per heavy atom. The minimum atomic E-state index is -0.715. The standard InChI is InChI=1S/C23H25NO6/c1-5-17(25)20-21(15-7-6-8-16(12-15)28-2)24(23(27)22(20)26)13-14-9-10-18(29-3)19(11-14)30-4/h6-12,21,26H,5,13H2,1-4H3. The van der Waals surface area contributed by atoms with Crippen molar-refractivity contribution in [3.63, 3.8) is 0 Å². The Balaban J connectivity index is 2.05. The minimum Gasteiger partial charge on any atom is -0.503 e. The third-order valence-corrected chi connectivity index (χ3v) is 5.14.